The number of ether oxygens (including phenoxy) is 1. The molecule has 2 aliphatic carbocycles. The average Bonchev–Trinajstić information content (AvgIpc) is 2.63. The largest absolute Gasteiger partial charge is 0.474 e. The summed E-state index contributed by atoms with van der Waals surface area (Å²) in [5.74, 6) is 1.74. The predicted octanol–water partition coefficient (Wildman–Crippen LogP) is 4.25. The Balaban J connectivity index is 1.32. The fourth-order valence-corrected chi connectivity index (χ4v) is 4.02. The lowest BCUT2D eigenvalue weighted by Gasteiger charge is -2.29. The van der Waals surface area contributed by atoms with Gasteiger partial charge in [0, 0.05) is 24.7 Å². The Morgan fingerprint density at radius 3 is 2.58 bits per heavy atom. The molecule has 0 bridgehead atoms. The van der Waals surface area contributed by atoms with Crippen molar-refractivity contribution in [3.63, 3.8) is 0 Å². The lowest BCUT2D eigenvalue weighted by molar-refractivity contribution is -0.122. The van der Waals surface area contributed by atoms with Gasteiger partial charge in [-0.25, -0.2) is 4.98 Å². The molecule has 0 aromatic carbocycles. The molecule has 1 aromatic heterocycles. The summed E-state index contributed by atoms with van der Waals surface area (Å²) in [4.78, 5) is 16.4. The van der Waals surface area contributed by atoms with E-state index in [-0.39, 0.29) is 12.0 Å². The number of rotatable bonds is 6. The summed E-state index contributed by atoms with van der Waals surface area (Å²) < 4.78 is 5.91. The molecule has 24 heavy (non-hydrogen) atoms. The molecule has 0 spiro atoms. The van der Waals surface area contributed by atoms with Gasteiger partial charge in [-0.05, 0) is 44.1 Å². The Morgan fingerprint density at radius 2 is 1.88 bits per heavy atom. The zero-order chi connectivity index (χ0) is 16.6. The molecule has 4 heteroatoms. The number of carbonyl (C=O) groups is 1. The first-order chi connectivity index (χ1) is 11.8. The molecular weight excluding hydrogens is 300 g/mol. The summed E-state index contributed by atoms with van der Waals surface area (Å²) in [6, 6.07) is 6.07. The number of hydrogen-bond donors (Lipinski definition) is 1. The van der Waals surface area contributed by atoms with E-state index in [1.54, 1.807) is 6.20 Å². The SMILES string of the molecule is O=C(CCC1CCCCC1)NC1CCC(Oc2ccccn2)CC1. The maximum atomic E-state index is 12.2. The molecule has 1 aromatic rings. The van der Waals surface area contributed by atoms with Gasteiger partial charge in [0.1, 0.15) is 6.10 Å². The fourth-order valence-electron chi connectivity index (χ4n) is 4.02. The Hall–Kier alpha value is -1.58. The highest BCUT2D eigenvalue weighted by atomic mass is 16.5. The summed E-state index contributed by atoms with van der Waals surface area (Å²) in [5, 5.41) is 3.23. The molecule has 2 aliphatic rings. The minimum Gasteiger partial charge on any atom is -0.474 e. The van der Waals surface area contributed by atoms with Gasteiger partial charge < -0.3 is 10.1 Å². The van der Waals surface area contributed by atoms with Crippen LogP contribution in [0.1, 0.15) is 70.6 Å². The normalized spacial score (nSPS) is 25.2. The van der Waals surface area contributed by atoms with Crippen LogP contribution in [-0.4, -0.2) is 23.0 Å². The zero-order valence-electron chi connectivity index (χ0n) is 14.6. The smallest absolute Gasteiger partial charge is 0.220 e. The van der Waals surface area contributed by atoms with E-state index in [1.807, 2.05) is 18.2 Å². The molecule has 0 atom stereocenters. The molecule has 0 radical (unpaired) electrons. The van der Waals surface area contributed by atoms with Crippen LogP contribution in [0.25, 0.3) is 0 Å². The van der Waals surface area contributed by atoms with Crippen LogP contribution in [0, 0.1) is 5.92 Å². The number of aromatic nitrogens is 1. The van der Waals surface area contributed by atoms with E-state index in [1.165, 1.54) is 32.1 Å². The summed E-state index contributed by atoms with van der Waals surface area (Å²) in [6.07, 6.45) is 14.5. The lowest BCUT2D eigenvalue weighted by atomic mass is 9.86. The molecule has 1 heterocycles. The van der Waals surface area contributed by atoms with Gasteiger partial charge in [0.05, 0.1) is 0 Å². The van der Waals surface area contributed by atoms with Crippen molar-refractivity contribution >= 4 is 5.91 Å². The lowest BCUT2D eigenvalue weighted by Crippen LogP contribution is -2.39. The van der Waals surface area contributed by atoms with Crippen molar-refractivity contribution in [3.05, 3.63) is 24.4 Å². The Labute approximate surface area is 145 Å². The third kappa shape index (κ3) is 5.50. The molecule has 3 rings (SSSR count). The van der Waals surface area contributed by atoms with E-state index < -0.39 is 0 Å². The van der Waals surface area contributed by atoms with Crippen LogP contribution < -0.4 is 10.1 Å². The van der Waals surface area contributed by atoms with Gasteiger partial charge in [-0.1, -0.05) is 38.2 Å². The Morgan fingerprint density at radius 1 is 1.08 bits per heavy atom. The molecule has 1 N–H and O–H groups in total. The number of nitrogens with zero attached hydrogens (tertiary/aromatic N) is 1. The highest BCUT2D eigenvalue weighted by molar-refractivity contribution is 5.76. The van der Waals surface area contributed by atoms with Crippen LogP contribution in [-0.2, 0) is 4.79 Å². The van der Waals surface area contributed by atoms with Crippen LogP contribution in [0.15, 0.2) is 24.4 Å². The third-order valence-electron chi connectivity index (χ3n) is 5.47. The minimum atomic E-state index is 0.232. The van der Waals surface area contributed by atoms with Gasteiger partial charge in [-0.3, -0.25) is 4.79 Å². The molecule has 0 unspecified atom stereocenters. The van der Waals surface area contributed by atoms with Gasteiger partial charge in [0.25, 0.3) is 0 Å². The first-order valence-electron chi connectivity index (χ1n) is 9.66. The first kappa shape index (κ1) is 17.2. The highest BCUT2D eigenvalue weighted by Crippen LogP contribution is 2.27. The van der Waals surface area contributed by atoms with Crippen molar-refractivity contribution in [1.29, 1.82) is 0 Å². The Kier molecular flexibility index (Phi) is 6.50. The number of nitrogens with one attached hydrogen (secondary N) is 1. The van der Waals surface area contributed by atoms with Crippen molar-refractivity contribution in [3.8, 4) is 5.88 Å². The van der Waals surface area contributed by atoms with Crippen LogP contribution in [0.5, 0.6) is 5.88 Å². The van der Waals surface area contributed by atoms with Gasteiger partial charge in [-0.15, -0.1) is 0 Å². The van der Waals surface area contributed by atoms with Crippen LogP contribution in [0.4, 0.5) is 0 Å². The zero-order valence-corrected chi connectivity index (χ0v) is 14.6. The van der Waals surface area contributed by atoms with Crippen molar-refractivity contribution < 1.29 is 9.53 Å². The summed E-state index contributed by atoms with van der Waals surface area (Å²) in [7, 11) is 0. The quantitative estimate of drug-likeness (QED) is 0.848. The number of amides is 1. The van der Waals surface area contributed by atoms with Gasteiger partial charge in [0.2, 0.25) is 11.8 Å². The van der Waals surface area contributed by atoms with E-state index in [9.17, 15) is 4.79 Å². The Bertz CT molecular complexity index is 492. The van der Waals surface area contributed by atoms with Crippen LogP contribution in [0.3, 0.4) is 0 Å². The van der Waals surface area contributed by atoms with Gasteiger partial charge in [-0.2, -0.15) is 0 Å². The summed E-state index contributed by atoms with van der Waals surface area (Å²) in [5.41, 5.74) is 0. The van der Waals surface area contributed by atoms with Gasteiger partial charge in [0.15, 0.2) is 0 Å². The maximum absolute atomic E-state index is 12.2. The van der Waals surface area contributed by atoms with E-state index >= 15 is 0 Å². The van der Waals surface area contributed by atoms with Gasteiger partial charge >= 0.3 is 0 Å². The minimum absolute atomic E-state index is 0.232. The van der Waals surface area contributed by atoms with E-state index in [2.05, 4.69) is 10.3 Å². The number of carbonyl (C=O) groups excluding carboxylic acids is 1. The van der Waals surface area contributed by atoms with Crippen LogP contribution in [0.2, 0.25) is 0 Å². The summed E-state index contributed by atoms with van der Waals surface area (Å²) >= 11 is 0. The van der Waals surface area contributed by atoms with E-state index in [4.69, 9.17) is 4.74 Å². The molecule has 2 saturated carbocycles. The molecular formula is C20H30N2O2. The van der Waals surface area contributed by atoms with Crippen molar-refractivity contribution in [1.82, 2.24) is 10.3 Å². The average molecular weight is 330 g/mol. The second-order valence-corrected chi connectivity index (χ2v) is 7.37. The van der Waals surface area contributed by atoms with E-state index in [0.29, 0.717) is 18.3 Å². The first-order valence-corrected chi connectivity index (χ1v) is 9.66. The second-order valence-electron chi connectivity index (χ2n) is 7.37. The van der Waals surface area contributed by atoms with Crippen molar-refractivity contribution in [2.24, 2.45) is 5.92 Å². The molecule has 132 valence electrons. The summed E-state index contributed by atoms with van der Waals surface area (Å²) in [6.45, 7) is 0. The molecule has 0 aliphatic heterocycles. The standard InChI is InChI=1S/C20H30N2O2/c23-19(14-9-16-6-2-1-3-7-16)22-17-10-12-18(13-11-17)24-20-8-4-5-15-21-20/h4-5,8,15-18H,1-3,6-7,9-14H2,(H,22,23). The topological polar surface area (TPSA) is 51.2 Å². The second kappa shape index (κ2) is 9.05. The molecule has 4 nitrogen and oxygen atoms in total. The molecule has 0 saturated heterocycles. The number of hydrogen-bond acceptors (Lipinski definition) is 3. The molecule has 1 amide bonds. The number of pyridine rings is 1. The fraction of sp³-hybridized carbons (Fsp3) is 0.700. The maximum Gasteiger partial charge on any atom is 0.220 e. The predicted molar refractivity (Wildman–Crippen MR) is 94.9 cm³/mol. The third-order valence-corrected chi connectivity index (χ3v) is 5.47. The molecule has 2 fully saturated rings. The monoisotopic (exact) mass is 330 g/mol. The highest BCUT2D eigenvalue weighted by Gasteiger charge is 2.24. The van der Waals surface area contributed by atoms with Crippen molar-refractivity contribution in [2.75, 3.05) is 0 Å². The van der Waals surface area contributed by atoms with Crippen molar-refractivity contribution in [2.45, 2.75) is 82.8 Å². The van der Waals surface area contributed by atoms with E-state index in [0.717, 1.165) is 38.0 Å². The van der Waals surface area contributed by atoms with Crippen LogP contribution >= 0.6 is 0 Å².